The number of hydrogen-bond acceptors (Lipinski definition) is 7. The average molecular weight is 484 g/mol. The van der Waals surface area contributed by atoms with Crippen LogP contribution < -0.4 is 15.8 Å². The molecule has 0 amide bonds. The lowest BCUT2D eigenvalue weighted by Gasteiger charge is -2.24. The molecule has 1 aliphatic heterocycles. The van der Waals surface area contributed by atoms with Crippen molar-refractivity contribution in [3.63, 3.8) is 0 Å². The number of aromatic nitrogens is 3. The highest BCUT2D eigenvalue weighted by Crippen LogP contribution is 2.48. The molecule has 9 nitrogen and oxygen atoms in total. The Labute approximate surface area is 201 Å². The van der Waals surface area contributed by atoms with Gasteiger partial charge in [-0.05, 0) is 37.6 Å². The fraction of sp³-hybridized carbons (Fsp3) is 0.417. The molecule has 1 aliphatic carbocycles. The van der Waals surface area contributed by atoms with Gasteiger partial charge in [0.25, 0.3) is 5.56 Å². The quantitative estimate of drug-likeness (QED) is 0.514. The number of piperidine rings is 1. The van der Waals surface area contributed by atoms with Crippen LogP contribution >= 0.6 is 11.6 Å². The lowest BCUT2D eigenvalue weighted by atomic mass is 10.0. The Bertz CT molecular complexity index is 1360. The summed E-state index contributed by atoms with van der Waals surface area (Å²) < 4.78 is 7.12. The molecule has 1 saturated heterocycles. The molecular weight excluding hydrogens is 458 g/mol. The number of rotatable bonds is 6. The number of aromatic carboxylic acids is 1. The summed E-state index contributed by atoms with van der Waals surface area (Å²) in [5.41, 5.74) is 2.39. The first-order chi connectivity index (χ1) is 16.2. The number of pyridine rings is 1. The number of nitrogens with zero attached hydrogens (tertiary/aromatic N) is 4. The molecule has 0 bridgehead atoms. The van der Waals surface area contributed by atoms with Crippen molar-refractivity contribution in [1.82, 2.24) is 14.5 Å². The molecule has 0 spiro atoms. The van der Waals surface area contributed by atoms with Crippen molar-refractivity contribution in [2.24, 2.45) is 18.9 Å². The Hall–Kier alpha value is -3.17. The van der Waals surface area contributed by atoms with E-state index in [1.54, 1.807) is 24.8 Å². The van der Waals surface area contributed by atoms with E-state index >= 15 is 0 Å². The van der Waals surface area contributed by atoms with E-state index in [4.69, 9.17) is 21.3 Å². The molecule has 178 valence electrons. The molecular formula is C24H26ClN5O4. The molecule has 2 aromatic heterocycles. The minimum absolute atomic E-state index is 0.103. The number of nitrogens with one attached hydrogen (secondary N) is 1. The zero-order chi connectivity index (χ0) is 24.3. The monoisotopic (exact) mass is 483 g/mol. The molecule has 2 fully saturated rings. The summed E-state index contributed by atoms with van der Waals surface area (Å²) >= 11 is 5.90. The zero-order valence-electron chi connectivity index (χ0n) is 19.4. The van der Waals surface area contributed by atoms with Crippen LogP contribution in [0.15, 0.2) is 29.1 Å². The molecule has 4 atom stereocenters. The SMILES string of the molecule is COC1[C@H]2CN(c3nc4c([C@@H](C)Nc5ccc(Cl)nc5C(=O)O)cc(C)cc4c(=O)n3C)C[C@@H]12. The van der Waals surface area contributed by atoms with Crippen molar-refractivity contribution in [2.45, 2.75) is 26.0 Å². The normalized spacial score (nSPS) is 22.0. The molecule has 34 heavy (non-hydrogen) atoms. The average Bonchev–Trinajstić information content (AvgIpc) is 3.27. The van der Waals surface area contributed by atoms with Crippen molar-refractivity contribution in [3.8, 4) is 0 Å². The van der Waals surface area contributed by atoms with Crippen LogP contribution in [0.3, 0.4) is 0 Å². The third-order valence-electron chi connectivity index (χ3n) is 6.90. The van der Waals surface area contributed by atoms with Crippen molar-refractivity contribution in [3.05, 3.63) is 56.6 Å². The maximum atomic E-state index is 13.3. The van der Waals surface area contributed by atoms with Gasteiger partial charge in [-0.1, -0.05) is 17.7 Å². The largest absolute Gasteiger partial charge is 0.476 e. The lowest BCUT2D eigenvalue weighted by molar-refractivity contribution is 0.0691. The van der Waals surface area contributed by atoms with Gasteiger partial charge in [0.05, 0.1) is 28.7 Å². The molecule has 1 unspecified atom stereocenters. The Kier molecular flexibility index (Phi) is 5.49. The number of ether oxygens (including phenoxy) is 1. The van der Waals surface area contributed by atoms with Crippen LogP contribution in [0.2, 0.25) is 5.15 Å². The molecule has 3 aromatic rings. The van der Waals surface area contributed by atoms with Gasteiger partial charge in [-0.2, -0.15) is 0 Å². The zero-order valence-corrected chi connectivity index (χ0v) is 20.1. The smallest absolute Gasteiger partial charge is 0.356 e. The summed E-state index contributed by atoms with van der Waals surface area (Å²) in [6, 6.07) is 6.60. The molecule has 1 aromatic carbocycles. The predicted octanol–water partition coefficient (Wildman–Crippen LogP) is 3.24. The maximum Gasteiger partial charge on any atom is 0.356 e. The van der Waals surface area contributed by atoms with Gasteiger partial charge in [0, 0.05) is 44.6 Å². The summed E-state index contributed by atoms with van der Waals surface area (Å²) in [6.45, 7) is 5.45. The van der Waals surface area contributed by atoms with Crippen molar-refractivity contribution < 1.29 is 14.6 Å². The van der Waals surface area contributed by atoms with E-state index in [9.17, 15) is 14.7 Å². The number of carboxylic acid groups (broad SMARTS) is 1. The Balaban J connectivity index is 1.56. The van der Waals surface area contributed by atoms with E-state index in [0.29, 0.717) is 40.5 Å². The van der Waals surface area contributed by atoms with Crippen molar-refractivity contribution in [2.75, 3.05) is 30.4 Å². The van der Waals surface area contributed by atoms with E-state index in [-0.39, 0.29) is 22.4 Å². The molecule has 1 saturated carbocycles. The molecule has 0 radical (unpaired) electrons. The molecule has 2 aliphatic rings. The van der Waals surface area contributed by atoms with Gasteiger partial charge in [0.15, 0.2) is 5.69 Å². The van der Waals surface area contributed by atoms with Crippen LogP contribution in [-0.4, -0.2) is 51.9 Å². The van der Waals surface area contributed by atoms with Gasteiger partial charge in [-0.15, -0.1) is 0 Å². The minimum Gasteiger partial charge on any atom is -0.476 e. The summed E-state index contributed by atoms with van der Waals surface area (Å²) in [7, 11) is 3.50. The van der Waals surface area contributed by atoms with Crippen LogP contribution in [0.5, 0.6) is 0 Å². The topological polar surface area (TPSA) is 110 Å². The van der Waals surface area contributed by atoms with E-state index < -0.39 is 5.97 Å². The number of carbonyl (C=O) groups is 1. The Morgan fingerprint density at radius 1 is 1.26 bits per heavy atom. The summed E-state index contributed by atoms with van der Waals surface area (Å²) in [6.07, 6.45) is 0.299. The predicted molar refractivity (Wildman–Crippen MR) is 130 cm³/mol. The number of halogens is 1. The lowest BCUT2D eigenvalue weighted by Crippen LogP contribution is -2.33. The summed E-state index contributed by atoms with van der Waals surface area (Å²) in [4.78, 5) is 36.0. The first-order valence-corrected chi connectivity index (χ1v) is 11.5. The van der Waals surface area contributed by atoms with E-state index in [1.165, 1.54) is 6.07 Å². The maximum absolute atomic E-state index is 13.3. The summed E-state index contributed by atoms with van der Waals surface area (Å²) in [5, 5.41) is 13.4. The molecule has 2 N–H and O–H groups in total. The third kappa shape index (κ3) is 3.69. The molecule has 5 rings (SSSR count). The van der Waals surface area contributed by atoms with E-state index in [2.05, 4.69) is 15.2 Å². The van der Waals surface area contributed by atoms with Crippen molar-refractivity contribution in [1.29, 1.82) is 0 Å². The highest BCUT2D eigenvalue weighted by Gasteiger charge is 2.57. The highest BCUT2D eigenvalue weighted by atomic mass is 35.5. The number of methoxy groups -OCH3 is 1. The van der Waals surface area contributed by atoms with Gasteiger partial charge in [0.1, 0.15) is 5.15 Å². The first kappa shape index (κ1) is 22.6. The second kappa shape index (κ2) is 8.25. The fourth-order valence-corrected chi connectivity index (χ4v) is 5.31. The minimum atomic E-state index is -1.18. The molecule has 3 heterocycles. The van der Waals surface area contributed by atoms with Gasteiger partial charge in [-0.3, -0.25) is 9.36 Å². The van der Waals surface area contributed by atoms with Crippen LogP contribution in [-0.2, 0) is 11.8 Å². The number of aryl methyl sites for hydroxylation is 1. The number of carboxylic acids is 1. The van der Waals surface area contributed by atoms with Crippen molar-refractivity contribution >= 4 is 40.1 Å². The van der Waals surface area contributed by atoms with Crippen LogP contribution in [0.4, 0.5) is 11.6 Å². The van der Waals surface area contributed by atoms with Gasteiger partial charge in [0.2, 0.25) is 5.95 Å². The van der Waals surface area contributed by atoms with E-state index in [1.807, 2.05) is 26.0 Å². The first-order valence-electron chi connectivity index (χ1n) is 11.1. The number of fused-ring (bicyclic) bond motifs is 2. The van der Waals surface area contributed by atoms with E-state index in [0.717, 1.165) is 24.2 Å². The van der Waals surface area contributed by atoms with Crippen LogP contribution in [0.25, 0.3) is 10.9 Å². The number of hydrogen-bond donors (Lipinski definition) is 2. The second-order valence-electron chi connectivity index (χ2n) is 9.16. The summed E-state index contributed by atoms with van der Waals surface area (Å²) in [5.74, 6) is 0.406. The van der Waals surface area contributed by atoms with Gasteiger partial charge >= 0.3 is 5.97 Å². The molecule has 10 heteroatoms. The van der Waals surface area contributed by atoms with Gasteiger partial charge < -0.3 is 20.1 Å². The Morgan fingerprint density at radius 2 is 1.97 bits per heavy atom. The van der Waals surface area contributed by atoms with Crippen LogP contribution in [0, 0.1) is 18.8 Å². The third-order valence-corrected chi connectivity index (χ3v) is 7.11. The number of anilines is 2. The number of benzene rings is 1. The standard InChI is InChI=1S/C24H26ClN5O4/c1-11-7-13(12(2)26-17-5-6-18(25)27-20(17)23(32)33)19-14(8-11)22(31)29(3)24(28-19)30-9-15-16(10-30)21(15)34-4/h5-8,12,15-16,21,26H,9-10H2,1-4H3,(H,32,33)/t12-,15-,16+,21?/m1/s1. The van der Waals surface area contributed by atoms with Crippen LogP contribution in [0.1, 0.15) is 34.6 Å². The second-order valence-corrected chi connectivity index (χ2v) is 9.55. The van der Waals surface area contributed by atoms with Gasteiger partial charge in [-0.25, -0.2) is 14.8 Å². The highest BCUT2D eigenvalue weighted by molar-refractivity contribution is 6.29. The Morgan fingerprint density at radius 3 is 2.62 bits per heavy atom. The fourth-order valence-electron chi connectivity index (χ4n) is 5.16.